The summed E-state index contributed by atoms with van der Waals surface area (Å²) in [5, 5.41) is 3.53. The lowest BCUT2D eigenvalue weighted by molar-refractivity contribution is -0.122. The molecule has 1 aliphatic rings. The van der Waals surface area contributed by atoms with Crippen LogP contribution in [0.3, 0.4) is 0 Å². The third kappa shape index (κ3) is 2.07. The number of carbonyl (C=O) groups is 2. The van der Waals surface area contributed by atoms with Crippen LogP contribution in [0.5, 0.6) is 0 Å². The van der Waals surface area contributed by atoms with Crippen LogP contribution in [0.1, 0.15) is 11.1 Å². The standard InChI is InChI=1S/C18H11ClN2O2/c19-16-14(11-8-4-5-9-12(11)20-16)15-13(17(22)21-18(15)23)10-6-2-1-3-7-10/h1-9,20H,(H,21,22,23). The van der Waals surface area contributed by atoms with Gasteiger partial charge in [0.15, 0.2) is 0 Å². The van der Waals surface area contributed by atoms with Crippen LogP contribution in [0.25, 0.3) is 22.0 Å². The number of H-pyrrole nitrogens is 1. The molecule has 3 aromatic rings. The molecule has 0 radical (unpaired) electrons. The molecule has 112 valence electrons. The molecule has 0 bridgehead atoms. The van der Waals surface area contributed by atoms with Crippen LogP contribution in [0.15, 0.2) is 54.6 Å². The van der Waals surface area contributed by atoms with Gasteiger partial charge >= 0.3 is 0 Å². The van der Waals surface area contributed by atoms with Gasteiger partial charge in [-0.15, -0.1) is 0 Å². The minimum Gasteiger partial charge on any atom is -0.345 e. The zero-order valence-corrected chi connectivity index (χ0v) is 12.6. The number of hydrogen-bond acceptors (Lipinski definition) is 2. The van der Waals surface area contributed by atoms with Gasteiger partial charge in [-0.1, -0.05) is 60.1 Å². The second-order valence-electron chi connectivity index (χ2n) is 5.26. The van der Waals surface area contributed by atoms with Crippen molar-refractivity contribution in [3.63, 3.8) is 0 Å². The van der Waals surface area contributed by atoms with E-state index in [1.807, 2.05) is 42.5 Å². The molecule has 4 nitrogen and oxygen atoms in total. The number of para-hydroxylation sites is 1. The highest BCUT2D eigenvalue weighted by atomic mass is 35.5. The van der Waals surface area contributed by atoms with Gasteiger partial charge in [0.25, 0.3) is 11.8 Å². The van der Waals surface area contributed by atoms with Crippen molar-refractivity contribution in [1.82, 2.24) is 10.3 Å². The van der Waals surface area contributed by atoms with Crippen LogP contribution in [0.2, 0.25) is 5.15 Å². The van der Waals surface area contributed by atoms with Crippen molar-refractivity contribution >= 4 is 45.5 Å². The van der Waals surface area contributed by atoms with E-state index in [1.165, 1.54) is 0 Å². The number of imide groups is 1. The Morgan fingerprint density at radius 2 is 1.43 bits per heavy atom. The average molecular weight is 323 g/mol. The summed E-state index contributed by atoms with van der Waals surface area (Å²) in [6, 6.07) is 16.6. The predicted octanol–water partition coefficient (Wildman–Crippen LogP) is 3.39. The first-order valence-electron chi connectivity index (χ1n) is 7.09. The molecule has 1 aliphatic heterocycles. The second-order valence-corrected chi connectivity index (χ2v) is 5.64. The van der Waals surface area contributed by atoms with Crippen LogP contribution >= 0.6 is 11.6 Å². The molecule has 0 unspecified atom stereocenters. The number of rotatable bonds is 2. The van der Waals surface area contributed by atoms with Crippen LogP contribution in [-0.4, -0.2) is 16.8 Å². The third-order valence-corrected chi connectivity index (χ3v) is 4.19. The molecule has 2 amide bonds. The number of amides is 2. The normalized spacial score (nSPS) is 14.7. The van der Waals surface area contributed by atoms with Gasteiger partial charge in [-0.2, -0.15) is 0 Å². The first-order chi connectivity index (χ1) is 11.2. The minimum absolute atomic E-state index is 0.309. The fourth-order valence-electron chi connectivity index (χ4n) is 2.93. The minimum atomic E-state index is -0.430. The molecule has 2 heterocycles. The Morgan fingerprint density at radius 1 is 0.783 bits per heavy atom. The Balaban J connectivity index is 2.07. The quantitative estimate of drug-likeness (QED) is 0.710. The Kier molecular flexibility index (Phi) is 3.06. The Bertz CT molecular complexity index is 987. The molecule has 0 saturated carbocycles. The van der Waals surface area contributed by atoms with E-state index in [1.54, 1.807) is 12.1 Å². The van der Waals surface area contributed by atoms with Crippen molar-refractivity contribution in [1.29, 1.82) is 0 Å². The summed E-state index contributed by atoms with van der Waals surface area (Å²) < 4.78 is 0. The summed E-state index contributed by atoms with van der Waals surface area (Å²) >= 11 is 6.33. The molecular formula is C18H11ClN2O2. The number of aromatic nitrogens is 1. The van der Waals surface area contributed by atoms with Gasteiger partial charge in [0.1, 0.15) is 5.15 Å². The van der Waals surface area contributed by atoms with Gasteiger partial charge < -0.3 is 4.98 Å². The Labute approximate surface area is 136 Å². The van der Waals surface area contributed by atoms with Crippen molar-refractivity contribution < 1.29 is 9.59 Å². The van der Waals surface area contributed by atoms with Crippen LogP contribution in [0.4, 0.5) is 0 Å². The monoisotopic (exact) mass is 322 g/mol. The van der Waals surface area contributed by atoms with Crippen molar-refractivity contribution in [3.05, 3.63) is 70.9 Å². The average Bonchev–Trinajstić information content (AvgIpc) is 3.03. The van der Waals surface area contributed by atoms with E-state index < -0.39 is 11.8 Å². The maximum atomic E-state index is 12.4. The Hall–Kier alpha value is -2.85. The molecule has 5 heteroatoms. The van der Waals surface area contributed by atoms with Gasteiger partial charge in [-0.05, 0) is 11.6 Å². The summed E-state index contributed by atoms with van der Waals surface area (Å²) in [6.07, 6.45) is 0. The molecule has 23 heavy (non-hydrogen) atoms. The molecular weight excluding hydrogens is 312 g/mol. The number of hydrogen-bond donors (Lipinski definition) is 2. The van der Waals surface area contributed by atoms with Gasteiger partial charge in [0.2, 0.25) is 0 Å². The molecule has 2 N–H and O–H groups in total. The highest BCUT2D eigenvalue weighted by molar-refractivity contribution is 6.51. The molecule has 1 aromatic heterocycles. The first kappa shape index (κ1) is 13.8. The maximum Gasteiger partial charge on any atom is 0.259 e. The lowest BCUT2D eigenvalue weighted by Crippen LogP contribution is -2.22. The maximum absolute atomic E-state index is 12.4. The number of benzene rings is 2. The smallest absolute Gasteiger partial charge is 0.259 e. The molecule has 0 saturated heterocycles. The Morgan fingerprint density at radius 3 is 2.22 bits per heavy atom. The summed E-state index contributed by atoms with van der Waals surface area (Å²) in [6.45, 7) is 0. The van der Waals surface area contributed by atoms with Gasteiger partial charge in [0.05, 0.1) is 11.1 Å². The van der Waals surface area contributed by atoms with Crippen molar-refractivity contribution in [2.45, 2.75) is 0 Å². The second kappa shape index (κ2) is 5.11. The SMILES string of the molecule is O=C1NC(=O)C(c2c(Cl)[nH]c3ccccc23)=C1c1ccccc1. The molecule has 0 fully saturated rings. The van der Waals surface area contributed by atoms with Gasteiger partial charge in [-0.3, -0.25) is 14.9 Å². The van der Waals surface area contributed by atoms with E-state index in [9.17, 15) is 9.59 Å². The number of halogens is 1. The van der Waals surface area contributed by atoms with Crippen LogP contribution in [-0.2, 0) is 9.59 Å². The number of carbonyl (C=O) groups excluding carboxylic acids is 2. The zero-order valence-electron chi connectivity index (χ0n) is 11.9. The highest BCUT2D eigenvalue weighted by Gasteiger charge is 2.34. The summed E-state index contributed by atoms with van der Waals surface area (Å²) in [5.41, 5.74) is 2.72. The summed E-state index contributed by atoms with van der Waals surface area (Å²) in [7, 11) is 0. The van der Waals surface area contributed by atoms with Crippen LogP contribution in [0, 0.1) is 0 Å². The lowest BCUT2D eigenvalue weighted by Gasteiger charge is -2.04. The van der Waals surface area contributed by atoms with Gasteiger partial charge in [0, 0.05) is 16.5 Å². The van der Waals surface area contributed by atoms with Crippen molar-refractivity contribution in [3.8, 4) is 0 Å². The molecule has 0 spiro atoms. The molecule has 0 aliphatic carbocycles. The van der Waals surface area contributed by atoms with Crippen LogP contribution < -0.4 is 5.32 Å². The topological polar surface area (TPSA) is 62.0 Å². The summed E-state index contributed by atoms with van der Waals surface area (Å²) in [4.78, 5) is 27.7. The predicted molar refractivity (Wildman–Crippen MR) is 89.7 cm³/mol. The lowest BCUT2D eigenvalue weighted by atomic mass is 9.96. The molecule has 0 atom stereocenters. The van der Waals surface area contributed by atoms with E-state index in [2.05, 4.69) is 10.3 Å². The zero-order chi connectivity index (χ0) is 16.0. The van der Waals surface area contributed by atoms with Crippen molar-refractivity contribution in [2.24, 2.45) is 0 Å². The van der Waals surface area contributed by atoms with E-state index >= 15 is 0 Å². The molecule has 4 rings (SSSR count). The highest BCUT2D eigenvalue weighted by Crippen LogP contribution is 2.38. The number of aromatic amines is 1. The van der Waals surface area contributed by atoms with Gasteiger partial charge in [-0.25, -0.2) is 0 Å². The largest absolute Gasteiger partial charge is 0.345 e. The van der Waals surface area contributed by atoms with Crippen molar-refractivity contribution in [2.75, 3.05) is 0 Å². The number of nitrogens with one attached hydrogen (secondary N) is 2. The third-order valence-electron chi connectivity index (χ3n) is 3.90. The fourth-order valence-corrected chi connectivity index (χ4v) is 3.23. The fraction of sp³-hybridized carbons (Fsp3) is 0. The van der Waals surface area contributed by atoms with E-state index in [4.69, 9.17) is 11.6 Å². The van der Waals surface area contributed by atoms with E-state index in [0.717, 1.165) is 10.9 Å². The first-order valence-corrected chi connectivity index (χ1v) is 7.46. The summed E-state index contributed by atoms with van der Waals surface area (Å²) in [5.74, 6) is -0.835. The van der Waals surface area contributed by atoms with E-state index in [-0.39, 0.29) is 0 Å². The molecule has 2 aromatic carbocycles. The number of fused-ring (bicyclic) bond motifs is 1. The van der Waals surface area contributed by atoms with E-state index in [0.29, 0.717) is 27.4 Å².